The van der Waals surface area contributed by atoms with Crippen molar-refractivity contribution >= 4 is 0 Å². The van der Waals surface area contributed by atoms with Crippen LogP contribution in [-0.4, -0.2) is 17.7 Å². The van der Waals surface area contributed by atoms with Crippen LogP contribution in [0.2, 0.25) is 0 Å². The van der Waals surface area contributed by atoms with Crippen LogP contribution in [0.1, 0.15) is 30.9 Å². The molecule has 0 aromatic heterocycles. The molecule has 1 fully saturated rings. The first-order valence-corrected chi connectivity index (χ1v) is 5.71. The van der Waals surface area contributed by atoms with Gasteiger partial charge in [0.2, 0.25) is 0 Å². The van der Waals surface area contributed by atoms with Gasteiger partial charge in [0.05, 0.1) is 5.60 Å². The molecule has 0 spiro atoms. The SMILES string of the molecule is Cc1ccc(C(C)(O)CNC2CC2)cc1F. The second kappa shape index (κ2) is 4.15. The molecule has 1 aromatic carbocycles. The first-order valence-electron chi connectivity index (χ1n) is 5.71. The summed E-state index contributed by atoms with van der Waals surface area (Å²) in [5, 5.41) is 13.5. The molecule has 1 unspecified atom stereocenters. The average molecular weight is 223 g/mol. The van der Waals surface area contributed by atoms with Crippen molar-refractivity contribution in [3.05, 3.63) is 35.1 Å². The van der Waals surface area contributed by atoms with Crippen LogP contribution in [0.3, 0.4) is 0 Å². The van der Waals surface area contributed by atoms with Crippen LogP contribution < -0.4 is 5.32 Å². The van der Waals surface area contributed by atoms with E-state index in [0.717, 1.165) is 0 Å². The van der Waals surface area contributed by atoms with Gasteiger partial charge < -0.3 is 10.4 Å². The highest BCUT2D eigenvalue weighted by Crippen LogP contribution is 2.24. The van der Waals surface area contributed by atoms with Gasteiger partial charge in [0, 0.05) is 12.6 Å². The second-order valence-electron chi connectivity index (χ2n) is 4.89. The van der Waals surface area contributed by atoms with E-state index in [0.29, 0.717) is 23.7 Å². The van der Waals surface area contributed by atoms with Gasteiger partial charge in [-0.15, -0.1) is 0 Å². The van der Waals surface area contributed by atoms with Gasteiger partial charge in [0.25, 0.3) is 0 Å². The Bertz CT molecular complexity index is 386. The van der Waals surface area contributed by atoms with Crippen LogP contribution in [0.5, 0.6) is 0 Å². The van der Waals surface area contributed by atoms with Gasteiger partial charge in [-0.25, -0.2) is 4.39 Å². The van der Waals surface area contributed by atoms with Crippen molar-refractivity contribution < 1.29 is 9.50 Å². The van der Waals surface area contributed by atoms with Crippen LogP contribution >= 0.6 is 0 Å². The number of aliphatic hydroxyl groups is 1. The molecule has 0 aliphatic heterocycles. The van der Waals surface area contributed by atoms with E-state index in [1.54, 1.807) is 26.0 Å². The smallest absolute Gasteiger partial charge is 0.126 e. The van der Waals surface area contributed by atoms with Gasteiger partial charge in [-0.05, 0) is 43.9 Å². The standard InChI is InChI=1S/C13H18FNO/c1-9-3-4-10(7-12(9)14)13(2,16)8-15-11-5-6-11/h3-4,7,11,15-16H,5-6,8H2,1-2H3. The van der Waals surface area contributed by atoms with Crippen LogP contribution in [0, 0.1) is 12.7 Å². The molecule has 1 aromatic rings. The summed E-state index contributed by atoms with van der Waals surface area (Å²) >= 11 is 0. The summed E-state index contributed by atoms with van der Waals surface area (Å²) in [4.78, 5) is 0. The van der Waals surface area contributed by atoms with Gasteiger partial charge in [-0.3, -0.25) is 0 Å². The quantitative estimate of drug-likeness (QED) is 0.819. The Morgan fingerprint density at radius 1 is 1.50 bits per heavy atom. The Balaban J connectivity index is 2.09. The fourth-order valence-electron chi connectivity index (χ4n) is 1.66. The third-order valence-corrected chi connectivity index (χ3v) is 3.11. The van der Waals surface area contributed by atoms with Gasteiger partial charge in [0.1, 0.15) is 5.82 Å². The lowest BCUT2D eigenvalue weighted by Gasteiger charge is -2.24. The maximum atomic E-state index is 13.4. The Hall–Kier alpha value is -0.930. The first-order chi connectivity index (χ1) is 7.49. The van der Waals surface area contributed by atoms with Crippen molar-refractivity contribution in [1.29, 1.82) is 0 Å². The van der Waals surface area contributed by atoms with Gasteiger partial charge >= 0.3 is 0 Å². The van der Waals surface area contributed by atoms with Crippen molar-refractivity contribution in [3.63, 3.8) is 0 Å². The fourth-order valence-corrected chi connectivity index (χ4v) is 1.66. The average Bonchev–Trinajstić information content (AvgIpc) is 3.03. The molecule has 88 valence electrons. The molecule has 16 heavy (non-hydrogen) atoms. The topological polar surface area (TPSA) is 32.3 Å². The molecule has 0 amide bonds. The third-order valence-electron chi connectivity index (χ3n) is 3.11. The Labute approximate surface area is 95.5 Å². The fraction of sp³-hybridized carbons (Fsp3) is 0.538. The zero-order valence-corrected chi connectivity index (χ0v) is 9.76. The Morgan fingerprint density at radius 3 is 2.75 bits per heavy atom. The molecule has 1 aliphatic rings. The number of hydrogen-bond acceptors (Lipinski definition) is 2. The molecule has 0 heterocycles. The van der Waals surface area contributed by atoms with Crippen molar-refractivity contribution in [1.82, 2.24) is 5.32 Å². The molecular weight excluding hydrogens is 205 g/mol. The molecule has 1 atom stereocenters. The molecule has 1 saturated carbocycles. The highest BCUT2D eigenvalue weighted by atomic mass is 19.1. The summed E-state index contributed by atoms with van der Waals surface area (Å²) in [6.07, 6.45) is 2.36. The van der Waals surface area contributed by atoms with Crippen LogP contribution in [0.4, 0.5) is 4.39 Å². The zero-order valence-electron chi connectivity index (χ0n) is 9.76. The predicted molar refractivity (Wildman–Crippen MR) is 61.7 cm³/mol. The van der Waals surface area contributed by atoms with Crippen molar-refractivity contribution in [2.24, 2.45) is 0 Å². The maximum absolute atomic E-state index is 13.4. The summed E-state index contributed by atoms with van der Waals surface area (Å²) in [5.74, 6) is -0.260. The lowest BCUT2D eigenvalue weighted by atomic mass is 9.95. The number of halogens is 1. The van der Waals surface area contributed by atoms with Gasteiger partial charge in [0.15, 0.2) is 0 Å². The summed E-state index contributed by atoms with van der Waals surface area (Å²) in [5.41, 5.74) is 0.232. The molecule has 0 saturated heterocycles. The number of benzene rings is 1. The molecule has 0 bridgehead atoms. The van der Waals surface area contributed by atoms with E-state index < -0.39 is 5.60 Å². The van der Waals surface area contributed by atoms with E-state index in [-0.39, 0.29) is 5.82 Å². The summed E-state index contributed by atoms with van der Waals surface area (Å²) in [7, 11) is 0. The Kier molecular flexibility index (Phi) is 3.00. The van der Waals surface area contributed by atoms with Crippen molar-refractivity contribution in [3.8, 4) is 0 Å². The summed E-state index contributed by atoms with van der Waals surface area (Å²) < 4.78 is 13.4. The van der Waals surface area contributed by atoms with E-state index in [1.807, 2.05) is 0 Å². The minimum absolute atomic E-state index is 0.260. The number of rotatable bonds is 4. The molecular formula is C13H18FNO. The van der Waals surface area contributed by atoms with Crippen molar-refractivity contribution in [2.45, 2.75) is 38.3 Å². The number of hydrogen-bond donors (Lipinski definition) is 2. The molecule has 2 nitrogen and oxygen atoms in total. The van der Waals surface area contributed by atoms with E-state index in [4.69, 9.17) is 0 Å². The Morgan fingerprint density at radius 2 is 2.19 bits per heavy atom. The number of aryl methyl sites for hydroxylation is 1. The lowest BCUT2D eigenvalue weighted by molar-refractivity contribution is 0.0562. The predicted octanol–water partition coefficient (Wildman–Crippen LogP) is 2.09. The number of nitrogens with one attached hydrogen (secondary N) is 1. The minimum Gasteiger partial charge on any atom is -0.384 e. The second-order valence-corrected chi connectivity index (χ2v) is 4.89. The van der Waals surface area contributed by atoms with Crippen molar-refractivity contribution in [2.75, 3.05) is 6.54 Å². The molecule has 1 aliphatic carbocycles. The third kappa shape index (κ3) is 2.60. The summed E-state index contributed by atoms with van der Waals surface area (Å²) in [6, 6.07) is 5.45. The molecule has 3 heteroatoms. The van der Waals surface area contributed by atoms with Gasteiger partial charge in [-0.1, -0.05) is 12.1 Å². The van der Waals surface area contributed by atoms with E-state index in [2.05, 4.69) is 5.32 Å². The molecule has 2 rings (SSSR count). The maximum Gasteiger partial charge on any atom is 0.126 e. The minimum atomic E-state index is -1.00. The highest BCUT2D eigenvalue weighted by Gasteiger charge is 2.28. The largest absolute Gasteiger partial charge is 0.384 e. The first kappa shape index (κ1) is 11.6. The normalized spacial score (nSPS) is 19.5. The van der Waals surface area contributed by atoms with Crippen LogP contribution in [0.15, 0.2) is 18.2 Å². The monoisotopic (exact) mass is 223 g/mol. The van der Waals surface area contributed by atoms with E-state index in [1.165, 1.54) is 18.9 Å². The highest BCUT2D eigenvalue weighted by molar-refractivity contribution is 5.27. The van der Waals surface area contributed by atoms with Gasteiger partial charge in [-0.2, -0.15) is 0 Å². The lowest BCUT2D eigenvalue weighted by Crippen LogP contribution is -2.36. The molecule has 0 radical (unpaired) electrons. The summed E-state index contributed by atoms with van der Waals surface area (Å²) in [6.45, 7) is 3.91. The molecule has 2 N–H and O–H groups in total. The van der Waals surface area contributed by atoms with E-state index >= 15 is 0 Å². The van der Waals surface area contributed by atoms with Crippen LogP contribution in [0.25, 0.3) is 0 Å². The van der Waals surface area contributed by atoms with E-state index in [9.17, 15) is 9.50 Å². The zero-order chi connectivity index (χ0) is 11.8. The van der Waals surface area contributed by atoms with Crippen LogP contribution in [-0.2, 0) is 5.60 Å².